The lowest BCUT2D eigenvalue weighted by Crippen LogP contribution is -2.41. The van der Waals surface area contributed by atoms with E-state index in [-0.39, 0.29) is 11.7 Å². The predicted octanol–water partition coefficient (Wildman–Crippen LogP) is 1.25. The number of benzene rings is 1. The summed E-state index contributed by atoms with van der Waals surface area (Å²) in [5, 5.41) is 9.51. The highest BCUT2D eigenvalue weighted by Crippen LogP contribution is 2.21. The molecule has 0 spiro atoms. The first-order chi connectivity index (χ1) is 7.72. The highest BCUT2D eigenvalue weighted by atomic mass is 19.1. The summed E-state index contributed by atoms with van der Waals surface area (Å²) in [5.41, 5.74) is 3.15. The summed E-state index contributed by atoms with van der Waals surface area (Å²) in [4.78, 5) is 11.7. The molecular weight excluding hydrogens is 209 g/mol. The number of nitrogens with zero attached hydrogens (tertiary/aromatic N) is 2. The lowest BCUT2D eigenvalue weighted by atomic mass is 9.97. The number of amides is 1. The molecule has 80 valence electrons. The minimum atomic E-state index is -0.540. The Bertz CT molecular complexity index is 475. The fraction of sp³-hybridized carbons (Fsp3) is 0.0909. The smallest absolute Gasteiger partial charge is 0.266 e. The molecule has 0 saturated carbocycles. The average molecular weight is 217 g/mol. The Kier molecular flexibility index (Phi) is 2.56. The van der Waals surface area contributed by atoms with E-state index in [0.29, 0.717) is 5.56 Å². The minimum absolute atomic E-state index is 0.355. The van der Waals surface area contributed by atoms with E-state index in [2.05, 4.69) is 5.43 Å². The number of nitriles is 1. The maximum atomic E-state index is 12.7. The number of nitrogens with one attached hydrogen (secondary N) is 1. The second-order valence-corrected chi connectivity index (χ2v) is 3.29. The van der Waals surface area contributed by atoms with E-state index in [9.17, 15) is 9.18 Å². The van der Waals surface area contributed by atoms with Crippen LogP contribution in [0.2, 0.25) is 0 Å². The van der Waals surface area contributed by atoms with E-state index >= 15 is 0 Å². The van der Waals surface area contributed by atoms with Crippen molar-refractivity contribution in [2.75, 3.05) is 0 Å². The fourth-order valence-corrected chi connectivity index (χ4v) is 1.50. The van der Waals surface area contributed by atoms with Gasteiger partial charge in [0.05, 0.1) is 5.92 Å². The first-order valence-corrected chi connectivity index (χ1v) is 4.64. The number of halogens is 1. The SMILES string of the molecule is N#CN1NC=CC(c2ccc(F)cc2)C1=O. The molecule has 2 rings (SSSR count). The largest absolute Gasteiger partial charge is 0.290 e. The molecule has 1 aromatic carbocycles. The molecule has 0 bridgehead atoms. The number of carbonyl (C=O) groups excluding carboxylic acids is 1. The molecule has 5 heteroatoms. The zero-order chi connectivity index (χ0) is 11.5. The van der Waals surface area contributed by atoms with Crippen molar-refractivity contribution in [1.82, 2.24) is 10.4 Å². The zero-order valence-corrected chi connectivity index (χ0v) is 8.22. The molecule has 4 nitrogen and oxygen atoms in total. The van der Waals surface area contributed by atoms with Crippen LogP contribution in [0.15, 0.2) is 36.5 Å². The molecule has 0 saturated heterocycles. The molecule has 16 heavy (non-hydrogen) atoms. The lowest BCUT2D eigenvalue weighted by molar-refractivity contribution is -0.131. The normalized spacial score (nSPS) is 19.1. The summed E-state index contributed by atoms with van der Waals surface area (Å²) >= 11 is 0. The second-order valence-electron chi connectivity index (χ2n) is 3.29. The van der Waals surface area contributed by atoms with Crippen molar-refractivity contribution in [1.29, 1.82) is 5.26 Å². The van der Waals surface area contributed by atoms with Gasteiger partial charge in [0.2, 0.25) is 6.19 Å². The van der Waals surface area contributed by atoms with Crippen LogP contribution in [-0.4, -0.2) is 10.9 Å². The number of rotatable bonds is 1. The Balaban J connectivity index is 2.31. The average Bonchev–Trinajstić information content (AvgIpc) is 2.31. The first kappa shape index (κ1) is 10.2. The standard InChI is InChI=1S/C11H8FN3O/c12-9-3-1-8(2-4-9)10-5-6-14-15(7-13)11(10)16/h1-6,10,14H. The molecule has 0 fully saturated rings. The van der Waals surface area contributed by atoms with Gasteiger partial charge in [0, 0.05) is 6.20 Å². The molecule has 1 unspecified atom stereocenters. The minimum Gasteiger partial charge on any atom is -0.290 e. The monoisotopic (exact) mass is 217 g/mol. The second kappa shape index (κ2) is 4.03. The Hall–Kier alpha value is -2.35. The predicted molar refractivity (Wildman–Crippen MR) is 53.9 cm³/mol. The van der Waals surface area contributed by atoms with Gasteiger partial charge in [0.15, 0.2) is 0 Å². The Labute approximate surface area is 91.6 Å². The molecule has 1 aliphatic rings. The summed E-state index contributed by atoms with van der Waals surface area (Å²) in [6, 6.07) is 5.64. The van der Waals surface area contributed by atoms with E-state index in [0.717, 1.165) is 5.01 Å². The maximum Gasteiger partial charge on any atom is 0.266 e. The van der Waals surface area contributed by atoms with Crippen LogP contribution >= 0.6 is 0 Å². The summed E-state index contributed by atoms with van der Waals surface area (Å²) < 4.78 is 12.7. The highest BCUT2D eigenvalue weighted by molar-refractivity contribution is 5.87. The van der Waals surface area contributed by atoms with Crippen molar-refractivity contribution in [3.8, 4) is 6.19 Å². The molecule has 1 aromatic rings. The van der Waals surface area contributed by atoms with Crippen molar-refractivity contribution in [2.24, 2.45) is 0 Å². The van der Waals surface area contributed by atoms with Crippen LogP contribution in [0, 0.1) is 17.3 Å². The number of hydrogen-bond acceptors (Lipinski definition) is 3. The number of hydrazine groups is 1. The molecular formula is C11H8FN3O. The van der Waals surface area contributed by atoms with Crippen molar-refractivity contribution >= 4 is 5.91 Å². The summed E-state index contributed by atoms with van der Waals surface area (Å²) in [6.45, 7) is 0. The number of carbonyl (C=O) groups is 1. The van der Waals surface area contributed by atoms with Gasteiger partial charge in [0.1, 0.15) is 5.82 Å². The van der Waals surface area contributed by atoms with Crippen LogP contribution in [0.4, 0.5) is 4.39 Å². The third-order valence-electron chi connectivity index (χ3n) is 2.31. The summed E-state index contributed by atoms with van der Waals surface area (Å²) in [5.74, 6) is -1.27. The van der Waals surface area contributed by atoms with Gasteiger partial charge in [-0.25, -0.2) is 4.39 Å². The summed E-state index contributed by atoms with van der Waals surface area (Å²) in [7, 11) is 0. The van der Waals surface area contributed by atoms with Gasteiger partial charge in [-0.05, 0) is 23.8 Å². The Morgan fingerprint density at radius 2 is 2.06 bits per heavy atom. The quantitative estimate of drug-likeness (QED) is 0.720. The van der Waals surface area contributed by atoms with Gasteiger partial charge in [-0.2, -0.15) is 10.3 Å². The molecule has 0 aromatic heterocycles. The molecule has 1 atom stereocenters. The lowest BCUT2D eigenvalue weighted by Gasteiger charge is -2.23. The van der Waals surface area contributed by atoms with Gasteiger partial charge in [-0.15, -0.1) is 0 Å². The third kappa shape index (κ3) is 1.73. The molecule has 1 N–H and O–H groups in total. The molecule has 1 aliphatic heterocycles. The first-order valence-electron chi connectivity index (χ1n) is 4.64. The van der Waals surface area contributed by atoms with Crippen LogP contribution in [0.3, 0.4) is 0 Å². The Morgan fingerprint density at radius 3 is 2.69 bits per heavy atom. The van der Waals surface area contributed by atoms with E-state index in [1.54, 1.807) is 12.3 Å². The number of hydrogen-bond donors (Lipinski definition) is 1. The fourth-order valence-electron chi connectivity index (χ4n) is 1.50. The third-order valence-corrected chi connectivity index (χ3v) is 2.31. The van der Waals surface area contributed by atoms with Crippen LogP contribution in [-0.2, 0) is 4.79 Å². The molecule has 0 radical (unpaired) electrons. The van der Waals surface area contributed by atoms with Gasteiger partial charge >= 0.3 is 0 Å². The maximum absolute atomic E-state index is 12.7. The highest BCUT2D eigenvalue weighted by Gasteiger charge is 2.26. The van der Waals surface area contributed by atoms with Crippen molar-refractivity contribution in [2.45, 2.75) is 5.92 Å². The van der Waals surface area contributed by atoms with Crippen LogP contribution < -0.4 is 5.43 Å². The van der Waals surface area contributed by atoms with Crippen molar-refractivity contribution < 1.29 is 9.18 Å². The zero-order valence-electron chi connectivity index (χ0n) is 8.22. The van der Waals surface area contributed by atoms with Gasteiger partial charge in [-0.1, -0.05) is 12.1 Å². The summed E-state index contributed by atoms with van der Waals surface area (Å²) in [6.07, 6.45) is 4.85. The van der Waals surface area contributed by atoms with Gasteiger partial charge in [-0.3, -0.25) is 10.2 Å². The molecule has 0 aliphatic carbocycles. The topological polar surface area (TPSA) is 56.1 Å². The van der Waals surface area contributed by atoms with Gasteiger partial charge in [0.25, 0.3) is 5.91 Å². The van der Waals surface area contributed by atoms with Crippen LogP contribution in [0.1, 0.15) is 11.5 Å². The molecule has 1 amide bonds. The van der Waals surface area contributed by atoms with E-state index in [1.807, 2.05) is 0 Å². The van der Waals surface area contributed by atoms with Crippen LogP contribution in [0.5, 0.6) is 0 Å². The molecule has 1 heterocycles. The van der Waals surface area contributed by atoms with Crippen LogP contribution in [0.25, 0.3) is 0 Å². The Morgan fingerprint density at radius 1 is 1.38 bits per heavy atom. The van der Waals surface area contributed by atoms with E-state index in [1.165, 1.54) is 30.5 Å². The van der Waals surface area contributed by atoms with E-state index < -0.39 is 5.92 Å². The van der Waals surface area contributed by atoms with E-state index in [4.69, 9.17) is 5.26 Å². The van der Waals surface area contributed by atoms with Crippen molar-refractivity contribution in [3.63, 3.8) is 0 Å². The van der Waals surface area contributed by atoms with Gasteiger partial charge < -0.3 is 0 Å². The van der Waals surface area contributed by atoms with Crippen molar-refractivity contribution in [3.05, 3.63) is 47.9 Å².